The van der Waals surface area contributed by atoms with Crippen molar-refractivity contribution in [3.8, 4) is 0 Å². The quantitative estimate of drug-likeness (QED) is 0.392. The van der Waals surface area contributed by atoms with Gasteiger partial charge in [-0.05, 0) is 25.7 Å². The summed E-state index contributed by atoms with van der Waals surface area (Å²) < 4.78 is 113. The van der Waals surface area contributed by atoms with Crippen molar-refractivity contribution in [2.24, 2.45) is 0 Å². The van der Waals surface area contributed by atoms with Crippen LogP contribution in [0.4, 0.5) is 26.3 Å². The van der Waals surface area contributed by atoms with Gasteiger partial charge < -0.3 is 28.4 Å². The summed E-state index contributed by atoms with van der Waals surface area (Å²) >= 11 is 0. The first-order chi connectivity index (χ1) is 16.8. The van der Waals surface area contributed by atoms with E-state index >= 15 is 0 Å². The molecule has 14 heteroatoms. The van der Waals surface area contributed by atoms with Crippen molar-refractivity contribution < 1.29 is 64.4 Å². The zero-order chi connectivity index (χ0) is 25.9. The summed E-state index contributed by atoms with van der Waals surface area (Å²) in [5.41, 5.74) is 0. The molecule has 0 bridgehead atoms. The van der Waals surface area contributed by atoms with Gasteiger partial charge in [0.25, 0.3) is 0 Å². The number of hydrogen-bond acceptors (Lipinski definition) is 8. The molecule has 2 heterocycles. The Bertz CT molecular complexity index is 794. The average molecular weight is 532 g/mol. The number of carbonyl (C=O) groups is 2. The normalized spacial score (nSPS) is 37.4. The molecule has 204 valence electrons. The summed E-state index contributed by atoms with van der Waals surface area (Å²) in [5.74, 6) is -7.76. The summed E-state index contributed by atoms with van der Waals surface area (Å²) in [6.45, 7) is 0. The van der Waals surface area contributed by atoms with Crippen LogP contribution in [0.2, 0.25) is 0 Å². The van der Waals surface area contributed by atoms with Gasteiger partial charge in [-0.3, -0.25) is 0 Å². The molecule has 2 saturated heterocycles. The average Bonchev–Trinajstić information content (AvgIpc) is 3.34. The molecule has 3 saturated carbocycles. The molecule has 8 nitrogen and oxygen atoms in total. The highest BCUT2D eigenvalue weighted by molar-refractivity contribution is 5.77. The van der Waals surface area contributed by atoms with E-state index in [9.17, 15) is 35.9 Å². The van der Waals surface area contributed by atoms with Gasteiger partial charge in [0.1, 0.15) is 24.4 Å². The van der Waals surface area contributed by atoms with Crippen molar-refractivity contribution in [1.29, 1.82) is 0 Å². The molecule has 6 atom stereocenters. The second kappa shape index (κ2) is 8.98. The second-order valence-corrected chi connectivity index (χ2v) is 10.0. The number of fused-ring (bicyclic) bond motifs is 3. The van der Waals surface area contributed by atoms with E-state index in [1.54, 1.807) is 0 Å². The van der Waals surface area contributed by atoms with Crippen molar-refractivity contribution in [3.05, 3.63) is 0 Å². The molecule has 0 radical (unpaired) electrons. The molecule has 0 aromatic carbocycles. The Kier molecular flexibility index (Phi) is 6.48. The molecule has 6 unspecified atom stereocenters. The Morgan fingerprint density at radius 3 is 1.17 bits per heavy atom. The minimum absolute atomic E-state index is 0.385. The van der Waals surface area contributed by atoms with Crippen LogP contribution >= 0.6 is 0 Å². The van der Waals surface area contributed by atoms with E-state index in [1.165, 1.54) is 0 Å². The molecule has 2 aliphatic heterocycles. The van der Waals surface area contributed by atoms with Crippen LogP contribution in [0.1, 0.15) is 64.2 Å². The first-order valence-electron chi connectivity index (χ1n) is 12.1. The number of halogens is 6. The van der Waals surface area contributed by atoms with Crippen LogP contribution in [-0.2, 0) is 38.0 Å². The van der Waals surface area contributed by atoms with Gasteiger partial charge in [-0.1, -0.05) is 12.8 Å². The fourth-order valence-corrected chi connectivity index (χ4v) is 6.01. The van der Waals surface area contributed by atoms with E-state index in [-0.39, 0.29) is 0 Å². The molecular formula is C22H26F6O8. The van der Waals surface area contributed by atoms with Gasteiger partial charge in [-0.15, -0.1) is 0 Å². The Morgan fingerprint density at radius 1 is 0.556 bits per heavy atom. The standard InChI is InChI=1S/C22H26F6O8/c23-21(24,25)17(29)31-11-12(32-18(30)22(26,27)28)14-16(36-20(34-14)9-5-2-6-10-20)15-13(11)33-19(35-15)7-3-1-4-8-19/h11-16H,1-10H2. The molecule has 0 N–H and O–H groups in total. The number of hydrogen-bond donors (Lipinski definition) is 0. The Balaban J connectivity index is 1.53. The fourth-order valence-electron chi connectivity index (χ4n) is 6.01. The molecule has 5 rings (SSSR count). The van der Waals surface area contributed by atoms with Gasteiger partial charge in [0.05, 0.1) is 0 Å². The van der Waals surface area contributed by atoms with Gasteiger partial charge in [-0.25, -0.2) is 9.59 Å². The van der Waals surface area contributed by atoms with Gasteiger partial charge in [0, 0.05) is 25.7 Å². The van der Waals surface area contributed by atoms with Crippen LogP contribution in [0.15, 0.2) is 0 Å². The van der Waals surface area contributed by atoms with Crippen LogP contribution in [0.5, 0.6) is 0 Å². The first kappa shape index (κ1) is 26.0. The van der Waals surface area contributed by atoms with Crippen molar-refractivity contribution >= 4 is 11.9 Å². The third-order valence-electron chi connectivity index (χ3n) is 7.53. The summed E-state index contributed by atoms with van der Waals surface area (Å²) in [6.07, 6.45) is -14.2. The number of carbonyl (C=O) groups excluding carboxylic acids is 2. The van der Waals surface area contributed by atoms with Gasteiger partial charge in [0.15, 0.2) is 23.8 Å². The monoisotopic (exact) mass is 532 g/mol. The topological polar surface area (TPSA) is 89.5 Å². The predicted octanol–water partition coefficient (Wildman–Crippen LogP) is 3.84. The smallest absolute Gasteiger partial charge is 0.449 e. The molecule has 5 aliphatic rings. The van der Waals surface area contributed by atoms with Crippen molar-refractivity contribution in [2.75, 3.05) is 0 Å². The Labute approximate surface area is 201 Å². The summed E-state index contributed by atoms with van der Waals surface area (Å²) in [6, 6.07) is 0. The molecular weight excluding hydrogens is 506 g/mol. The van der Waals surface area contributed by atoms with E-state index in [0.29, 0.717) is 51.4 Å². The molecule has 2 spiro atoms. The summed E-state index contributed by atoms with van der Waals surface area (Å²) in [4.78, 5) is 23.7. The lowest BCUT2D eigenvalue weighted by molar-refractivity contribution is -0.250. The minimum Gasteiger partial charge on any atom is -0.449 e. The lowest BCUT2D eigenvalue weighted by atomic mass is 9.84. The van der Waals surface area contributed by atoms with E-state index in [1.807, 2.05) is 0 Å². The molecule has 5 fully saturated rings. The lowest BCUT2D eigenvalue weighted by Gasteiger charge is -2.41. The zero-order valence-electron chi connectivity index (χ0n) is 19.1. The van der Waals surface area contributed by atoms with Crippen LogP contribution in [0.3, 0.4) is 0 Å². The number of rotatable bonds is 2. The highest BCUT2D eigenvalue weighted by Crippen LogP contribution is 2.52. The van der Waals surface area contributed by atoms with E-state index in [2.05, 4.69) is 9.47 Å². The Hall–Kier alpha value is -1.64. The van der Waals surface area contributed by atoms with Crippen molar-refractivity contribution in [1.82, 2.24) is 0 Å². The number of esters is 2. The zero-order valence-corrected chi connectivity index (χ0v) is 19.1. The molecule has 36 heavy (non-hydrogen) atoms. The van der Waals surface area contributed by atoms with Crippen LogP contribution in [0.25, 0.3) is 0 Å². The largest absolute Gasteiger partial charge is 0.490 e. The summed E-state index contributed by atoms with van der Waals surface area (Å²) in [7, 11) is 0. The highest BCUT2D eigenvalue weighted by Gasteiger charge is 2.69. The maximum Gasteiger partial charge on any atom is 0.490 e. The van der Waals surface area contributed by atoms with Gasteiger partial charge in [0.2, 0.25) is 0 Å². The first-order valence-corrected chi connectivity index (χ1v) is 12.1. The fraction of sp³-hybridized carbons (Fsp3) is 0.909. The molecule has 0 aromatic rings. The van der Waals surface area contributed by atoms with Crippen molar-refractivity contribution in [3.63, 3.8) is 0 Å². The number of ether oxygens (including phenoxy) is 6. The molecule has 3 aliphatic carbocycles. The second-order valence-electron chi connectivity index (χ2n) is 10.0. The van der Waals surface area contributed by atoms with Gasteiger partial charge in [-0.2, -0.15) is 26.3 Å². The van der Waals surface area contributed by atoms with E-state index in [0.717, 1.165) is 12.8 Å². The molecule has 0 amide bonds. The van der Waals surface area contributed by atoms with Crippen LogP contribution in [-0.4, -0.2) is 72.5 Å². The van der Waals surface area contributed by atoms with Gasteiger partial charge >= 0.3 is 24.3 Å². The van der Waals surface area contributed by atoms with E-state index in [4.69, 9.17) is 18.9 Å². The van der Waals surface area contributed by atoms with Crippen molar-refractivity contribution in [2.45, 2.75) is 125 Å². The van der Waals surface area contributed by atoms with Crippen LogP contribution < -0.4 is 0 Å². The number of alkyl halides is 6. The highest BCUT2D eigenvalue weighted by atomic mass is 19.4. The maximum absolute atomic E-state index is 13.1. The predicted molar refractivity (Wildman–Crippen MR) is 103 cm³/mol. The minimum atomic E-state index is -5.45. The SMILES string of the molecule is O=C(OC1C(OC(=O)C(F)(F)F)C2OC3(CCCCC3)OC2C2OC3(CCCCC3)OC12)C(F)(F)F. The Morgan fingerprint density at radius 2 is 0.861 bits per heavy atom. The summed E-state index contributed by atoms with van der Waals surface area (Å²) in [5, 5.41) is 0. The third kappa shape index (κ3) is 4.69. The van der Waals surface area contributed by atoms with E-state index < -0.39 is 72.5 Å². The molecule has 0 aromatic heterocycles. The van der Waals surface area contributed by atoms with Crippen LogP contribution in [0, 0.1) is 0 Å². The maximum atomic E-state index is 13.1. The third-order valence-corrected chi connectivity index (χ3v) is 7.53. The lowest BCUT2D eigenvalue weighted by Crippen LogP contribution is -2.64.